The molecule has 0 bridgehead atoms. The first-order valence-corrected chi connectivity index (χ1v) is 9.31. The van der Waals surface area contributed by atoms with Gasteiger partial charge >= 0.3 is 0 Å². The van der Waals surface area contributed by atoms with Crippen molar-refractivity contribution in [3.05, 3.63) is 60.2 Å². The molecule has 0 fully saturated rings. The zero-order valence-corrected chi connectivity index (χ0v) is 16.5. The van der Waals surface area contributed by atoms with Gasteiger partial charge in [-0.05, 0) is 49.4 Å². The van der Waals surface area contributed by atoms with Crippen LogP contribution in [0.5, 0.6) is 11.5 Å². The summed E-state index contributed by atoms with van der Waals surface area (Å²) in [6, 6.07) is 16.9. The van der Waals surface area contributed by atoms with E-state index < -0.39 is 0 Å². The Morgan fingerprint density at radius 3 is 2.45 bits per heavy atom. The molecular formula is C22H22N4O3. The monoisotopic (exact) mass is 390 g/mol. The van der Waals surface area contributed by atoms with Crippen molar-refractivity contribution in [3.63, 3.8) is 0 Å². The lowest BCUT2D eigenvalue weighted by Gasteiger charge is -2.07. The Morgan fingerprint density at radius 1 is 1.03 bits per heavy atom. The summed E-state index contributed by atoms with van der Waals surface area (Å²) in [6.45, 7) is 2.88. The van der Waals surface area contributed by atoms with E-state index in [1.807, 2.05) is 24.3 Å². The number of ether oxygens (including phenoxy) is 2. The minimum absolute atomic E-state index is 0.230. The molecule has 0 unspecified atom stereocenters. The molecule has 0 radical (unpaired) electrons. The van der Waals surface area contributed by atoms with Gasteiger partial charge < -0.3 is 19.4 Å². The maximum Gasteiger partial charge on any atom is 0.256 e. The molecule has 0 aliphatic rings. The first kappa shape index (κ1) is 18.6. The Morgan fingerprint density at radius 2 is 1.76 bits per heavy atom. The van der Waals surface area contributed by atoms with Crippen LogP contribution in [0.4, 0.5) is 5.82 Å². The van der Waals surface area contributed by atoms with E-state index in [0.717, 1.165) is 34.6 Å². The minimum Gasteiger partial charge on any atom is -0.497 e. The van der Waals surface area contributed by atoms with Gasteiger partial charge in [0.05, 0.1) is 31.1 Å². The van der Waals surface area contributed by atoms with E-state index in [-0.39, 0.29) is 5.91 Å². The van der Waals surface area contributed by atoms with E-state index in [1.165, 1.54) is 0 Å². The van der Waals surface area contributed by atoms with Gasteiger partial charge in [0.25, 0.3) is 5.91 Å². The molecule has 1 amide bonds. The predicted molar refractivity (Wildman–Crippen MR) is 113 cm³/mol. The lowest BCUT2D eigenvalue weighted by molar-refractivity contribution is 0.102. The Hall–Kier alpha value is -3.74. The van der Waals surface area contributed by atoms with Crippen LogP contribution in [0.2, 0.25) is 0 Å². The number of aromatic nitrogens is 3. The summed E-state index contributed by atoms with van der Waals surface area (Å²) < 4.78 is 12.7. The molecule has 29 heavy (non-hydrogen) atoms. The fraction of sp³-hybridized carbons (Fsp3) is 0.182. The third-order valence-electron chi connectivity index (χ3n) is 4.88. The average Bonchev–Trinajstić information content (AvgIpc) is 3.37. The van der Waals surface area contributed by atoms with Crippen molar-refractivity contribution >= 4 is 22.6 Å². The highest BCUT2D eigenvalue weighted by Gasteiger charge is 2.14. The number of nitrogens with zero attached hydrogens (tertiary/aromatic N) is 2. The number of carbonyl (C=O) groups is 1. The smallest absolute Gasteiger partial charge is 0.256 e. The number of methoxy groups -OCH3 is 2. The van der Waals surface area contributed by atoms with Crippen LogP contribution >= 0.6 is 0 Å². The van der Waals surface area contributed by atoms with Crippen LogP contribution in [-0.4, -0.2) is 34.9 Å². The highest BCUT2D eigenvalue weighted by Crippen LogP contribution is 2.30. The number of aryl methyl sites for hydroxylation is 1. The number of hydrogen-bond donors (Lipinski definition) is 2. The predicted octanol–water partition coefficient (Wildman–Crippen LogP) is 4.32. The molecule has 2 aromatic heterocycles. The molecule has 0 aliphatic carbocycles. The number of carbonyl (C=O) groups excluding carboxylic acids is 1. The number of amides is 1. The second kappa shape index (κ2) is 7.71. The molecule has 2 N–H and O–H groups in total. The number of H-pyrrole nitrogens is 1. The number of rotatable bonds is 6. The number of anilines is 1. The first-order valence-electron chi connectivity index (χ1n) is 9.31. The van der Waals surface area contributed by atoms with Gasteiger partial charge in [0.15, 0.2) is 5.82 Å². The Labute approximate surface area is 168 Å². The highest BCUT2D eigenvalue weighted by atomic mass is 16.5. The maximum absolute atomic E-state index is 12.5. The van der Waals surface area contributed by atoms with Crippen molar-refractivity contribution in [3.8, 4) is 22.9 Å². The highest BCUT2D eigenvalue weighted by molar-refractivity contribution is 6.04. The second-order valence-electron chi connectivity index (χ2n) is 6.55. The van der Waals surface area contributed by atoms with Gasteiger partial charge in [-0.1, -0.05) is 0 Å². The van der Waals surface area contributed by atoms with Gasteiger partial charge in [0.1, 0.15) is 11.5 Å². The van der Waals surface area contributed by atoms with Crippen molar-refractivity contribution in [2.75, 3.05) is 19.5 Å². The summed E-state index contributed by atoms with van der Waals surface area (Å²) in [4.78, 5) is 12.5. The van der Waals surface area contributed by atoms with E-state index in [4.69, 9.17) is 9.47 Å². The molecule has 4 aromatic rings. The molecule has 7 heteroatoms. The summed E-state index contributed by atoms with van der Waals surface area (Å²) in [7, 11) is 3.25. The van der Waals surface area contributed by atoms with E-state index in [9.17, 15) is 4.79 Å². The van der Waals surface area contributed by atoms with Gasteiger partial charge in [-0.2, -0.15) is 5.10 Å². The average molecular weight is 390 g/mol. The fourth-order valence-electron chi connectivity index (χ4n) is 3.37. The summed E-state index contributed by atoms with van der Waals surface area (Å²) in [5.41, 5.74) is 3.44. The van der Waals surface area contributed by atoms with Gasteiger partial charge in [-0.15, -0.1) is 0 Å². The van der Waals surface area contributed by atoms with Gasteiger partial charge in [-0.3, -0.25) is 9.89 Å². The quantitative estimate of drug-likeness (QED) is 0.514. The van der Waals surface area contributed by atoms with E-state index >= 15 is 0 Å². The van der Waals surface area contributed by atoms with E-state index in [0.29, 0.717) is 17.1 Å². The molecule has 0 atom stereocenters. The zero-order valence-electron chi connectivity index (χ0n) is 16.5. The first-order chi connectivity index (χ1) is 14.1. The van der Waals surface area contributed by atoms with Crippen LogP contribution in [0.25, 0.3) is 22.3 Å². The van der Waals surface area contributed by atoms with Crippen molar-refractivity contribution < 1.29 is 14.3 Å². The van der Waals surface area contributed by atoms with Crippen LogP contribution in [0.1, 0.15) is 17.3 Å². The Kier molecular flexibility index (Phi) is 4.95. The number of hydrogen-bond acceptors (Lipinski definition) is 4. The van der Waals surface area contributed by atoms with Crippen LogP contribution < -0.4 is 14.8 Å². The van der Waals surface area contributed by atoms with Crippen molar-refractivity contribution in [1.82, 2.24) is 14.8 Å². The molecular weight excluding hydrogens is 368 g/mol. The van der Waals surface area contributed by atoms with Crippen molar-refractivity contribution in [1.29, 1.82) is 0 Å². The number of fused-ring (bicyclic) bond motifs is 1. The molecule has 148 valence electrons. The topological polar surface area (TPSA) is 81.2 Å². The van der Waals surface area contributed by atoms with Crippen molar-refractivity contribution in [2.24, 2.45) is 0 Å². The van der Waals surface area contributed by atoms with Crippen molar-refractivity contribution in [2.45, 2.75) is 13.5 Å². The molecule has 7 nitrogen and oxygen atoms in total. The number of nitrogens with one attached hydrogen (secondary N) is 2. The molecule has 0 saturated heterocycles. The molecule has 0 spiro atoms. The number of benzene rings is 2. The lowest BCUT2D eigenvalue weighted by Crippen LogP contribution is -2.11. The van der Waals surface area contributed by atoms with E-state index in [2.05, 4.69) is 33.1 Å². The maximum atomic E-state index is 12.5. The fourth-order valence-corrected chi connectivity index (χ4v) is 3.37. The molecule has 0 aliphatic heterocycles. The minimum atomic E-state index is -0.230. The summed E-state index contributed by atoms with van der Waals surface area (Å²) in [5, 5.41) is 11.2. The van der Waals surface area contributed by atoms with Crippen LogP contribution in [-0.2, 0) is 6.54 Å². The Balaban J connectivity index is 1.60. The number of aromatic amines is 1. The zero-order chi connectivity index (χ0) is 20.4. The van der Waals surface area contributed by atoms with Gasteiger partial charge in [-0.25, -0.2) is 0 Å². The van der Waals surface area contributed by atoms with Crippen LogP contribution in [0, 0.1) is 0 Å². The second-order valence-corrected chi connectivity index (χ2v) is 6.55. The largest absolute Gasteiger partial charge is 0.497 e. The standard InChI is InChI=1S/C22H22N4O3/c1-4-26-19-12-17(29-3)10-7-15(19)11-20(26)18-13-21(25-24-18)23-22(27)14-5-8-16(28-2)9-6-14/h5-13H,4H2,1-3H3,(H2,23,24,25,27). The molecule has 4 rings (SSSR count). The molecule has 2 heterocycles. The van der Waals surface area contributed by atoms with E-state index in [1.54, 1.807) is 38.5 Å². The molecule has 2 aromatic carbocycles. The van der Waals surface area contributed by atoms with Crippen LogP contribution in [0.15, 0.2) is 54.6 Å². The summed E-state index contributed by atoms with van der Waals surface area (Å²) in [6.07, 6.45) is 0. The lowest BCUT2D eigenvalue weighted by atomic mass is 10.2. The Bertz CT molecular complexity index is 1160. The van der Waals surface area contributed by atoms with Gasteiger partial charge in [0, 0.05) is 29.6 Å². The van der Waals surface area contributed by atoms with Gasteiger partial charge in [0.2, 0.25) is 0 Å². The van der Waals surface area contributed by atoms with Crippen LogP contribution in [0.3, 0.4) is 0 Å². The third-order valence-corrected chi connectivity index (χ3v) is 4.88. The molecule has 0 saturated carbocycles. The third kappa shape index (κ3) is 3.54. The summed E-state index contributed by atoms with van der Waals surface area (Å²) >= 11 is 0. The SMILES string of the molecule is CCn1c(-c2cc(NC(=O)c3ccc(OC)cc3)n[nH]2)cc2ccc(OC)cc21. The normalized spacial score (nSPS) is 10.9. The summed E-state index contributed by atoms with van der Waals surface area (Å²) in [5.74, 6) is 1.75.